The highest BCUT2D eigenvalue weighted by Gasteiger charge is 1.97. The summed E-state index contributed by atoms with van der Waals surface area (Å²) in [5, 5.41) is 6.60. The smallest absolute Gasteiger partial charge is 0.127 e. The average Bonchev–Trinajstić information content (AvgIpc) is 2.44. The molecular formula is C14H18N4. The van der Waals surface area contributed by atoms with Crippen molar-refractivity contribution in [2.45, 2.75) is 19.9 Å². The minimum Gasteiger partial charge on any atom is -0.379 e. The fourth-order valence-electron chi connectivity index (χ4n) is 1.59. The summed E-state index contributed by atoms with van der Waals surface area (Å²) in [5.74, 6) is 0.905. The molecule has 0 aliphatic rings. The lowest BCUT2D eigenvalue weighted by atomic mass is 10.3. The van der Waals surface area contributed by atoms with E-state index in [0.29, 0.717) is 0 Å². The molecule has 2 rings (SSSR count). The Morgan fingerprint density at radius 3 is 2.78 bits per heavy atom. The number of aromatic nitrogens is 2. The normalized spacial score (nSPS) is 10.1. The molecule has 0 aromatic carbocycles. The lowest BCUT2D eigenvalue weighted by Gasteiger charge is -2.08. The summed E-state index contributed by atoms with van der Waals surface area (Å²) < 4.78 is 0. The maximum atomic E-state index is 4.27. The highest BCUT2D eigenvalue weighted by atomic mass is 15.0. The van der Waals surface area contributed by atoms with E-state index in [2.05, 4.69) is 27.5 Å². The Labute approximate surface area is 107 Å². The maximum Gasteiger partial charge on any atom is 0.127 e. The van der Waals surface area contributed by atoms with Gasteiger partial charge in [-0.15, -0.1) is 0 Å². The van der Waals surface area contributed by atoms with Crippen LogP contribution in [0, 0.1) is 0 Å². The SMILES string of the molecule is CCCNc1cc(NCc2ccccn2)ccn1. The Balaban J connectivity index is 1.93. The largest absolute Gasteiger partial charge is 0.379 e. The first-order chi connectivity index (χ1) is 8.88. The van der Waals surface area contributed by atoms with E-state index >= 15 is 0 Å². The van der Waals surface area contributed by atoms with Crippen molar-refractivity contribution < 1.29 is 0 Å². The molecule has 18 heavy (non-hydrogen) atoms. The molecule has 0 bridgehead atoms. The summed E-state index contributed by atoms with van der Waals surface area (Å²) in [4.78, 5) is 8.54. The van der Waals surface area contributed by atoms with Crippen LogP contribution < -0.4 is 10.6 Å². The molecule has 0 spiro atoms. The first kappa shape index (κ1) is 12.4. The van der Waals surface area contributed by atoms with E-state index in [-0.39, 0.29) is 0 Å². The molecule has 2 heterocycles. The highest BCUT2D eigenvalue weighted by Crippen LogP contribution is 2.12. The van der Waals surface area contributed by atoms with Gasteiger partial charge in [-0.2, -0.15) is 0 Å². The van der Waals surface area contributed by atoms with Gasteiger partial charge in [0.1, 0.15) is 5.82 Å². The molecule has 94 valence electrons. The minimum atomic E-state index is 0.720. The number of rotatable bonds is 6. The van der Waals surface area contributed by atoms with Gasteiger partial charge >= 0.3 is 0 Å². The van der Waals surface area contributed by atoms with Crippen molar-refractivity contribution >= 4 is 11.5 Å². The van der Waals surface area contributed by atoms with Crippen molar-refractivity contribution in [1.29, 1.82) is 0 Å². The minimum absolute atomic E-state index is 0.720. The third-order valence-electron chi connectivity index (χ3n) is 2.52. The van der Waals surface area contributed by atoms with Crippen molar-refractivity contribution in [2.24, 2.45) is 0 Å². The lowest BCUT2D eigenvalue weighted by molar-refractivity contribution is 0.968. The van der Waals surface area contributed by atoms with Crippen molar-refractivity contribution in [2.75, 3.05) is 17.2 Å². The van der Waals surface area contributed by atoms with Gasteiger partial charge in [0.2, 0.25) is 0 Å². The number of nitrogens with one attached hydrogen (secondary N) is 2. The molecular weight excluding hydrogens is 224 g/mol. The van der Waals surface area contributed by atoms with Crippen LogP contribution in [0.4, 0.5) is 11.5 Å². The van der Waals surface area contributed by atoms with Crippen LogP contribution in [0.5, 0.6) is 0 Å². The van der Waals surface area contributed by atoms with E-state index < -0.39 is 0 Å². The van der Waals surface area contributed by atoms with Crippen LogP contribution in [0.2, 0.25) is 0 Å². The topological polar surface area (TPSA) is 49.8 Å². The molecule has 0 amide bonds. The Bertz CT molecular complexity index is 470. The fraction of sp³-hybridized carbons (Fsp3) is 0.286. The van der Waals surface area contributed by atoms with Crippen LogP contribution >= 0.6 is 0 Å². The van der Waals surface area contributed by atoms with Crippen LogP contribution in [-0.2, 0) is 6.54 Å². The zero-order valence-corrected chi connectivity index (χ0v) is 10.6. The molecule has 4 heteroatoms. The van der Waals surface area contributed by atoms with Gasteiger partial charge in [0, 0.05) is 30.7 Å². The summed E-state index contributed by atoms with van der Waals surface area (Å²) in [6.07, 6.45) is 4.70. The molecule has 0 atom stereocenters. The van der Waals surface area contributed by atoms with Crippen LogP contribution in [0.1, 0.15) is 19.0 Å². The van der Waals surface area contributed by atoms with E-state index in [0.717, 1.165) is 36.7 Å². The molecule has 0 aliphatic heterocycles. The predicted octanol–water partition coefficient (Wildman–Crippen LogP) is 2.91. The van der Waals surface area contributed by atoms with Crippen molar-refractivity contribution in [1.82, 2.24) is 9.97 Å². The Morgan fingerprint density at radius 1 is 1.06 bits per heavy atom. The zero-order chi connectivity index (χ0) is 12.6. The summed E-state index contributed by atoms with van der Waals surface area (Å²) in [5.41, 5.74) is 2.08. The monoisotopic (exact) mass is 242 g/mol. The second kappa shape index (κ2) is 6.59. The fourth-order valence-corrected chi connectivity index (χ4v) is 1.59. The molecule has 2 N–H and O–H groups in total. The quantitative estimate of drug-likeness (QED) is 0.817. The number of pyridine rings is 2. The third-order valence-corrected chi connectivity index (χ3v) is 2.52. The van der Waals surface area contributed by atoms with Gasteiger partial charge in [-0.25, -0.2) is 4.98 Å². The average molecular weight is 242 g/mol. The van der Waals surface area contributed by atoms with E-state index in [1.165, 1.54) is 0 Å². The number of nitrogens with zero attached hydrogens (tertiary/aromatic N) is 2. The van der Waals surface area contributed by atoms with Gasteiger partial charge in [0.15, 0.2) is 0 Å². The van der Waals surface area contributed by atoms with Crippen LogP contribution in [0.15, 0.2) is 42.7 Å². The van der Waals surface area contributed by atoms with Crippen LogP contribution in [-0.4, -0.2) is 16.5 Å². The highest BCUT2D eigenvalue weighted by molar-refractivity contribution is 5.51. The van der Waals surface area contributed by atoms with Crippen molar-refractivity contribution in [3.63, 3.8) is 0 Å². The van der Waals surface area contributed by atoms with E-state index in [1.807, 2.05) is 30.3 Å². The molecule has 0 aliphatic carbocycles. The molecule has 0 radical (unpaired) electrons. The van der Waals surface area contributed by atoms with Gasteiger partial charge in [-0.05, 0) is 24.6 Å². The standard InChI is InChI=1S/C14H18N4/c1-2-7-16-14-10-12(6-9-17-14)18-11-13-5-3-4-8-15-13/h3-6,8-10H,2,7,11H2,1H3,(H2,16,17,18). The number of hydrogen-bond donors (Lipinski definition) is 2. The Kier molecular flexibility index (Phi) is 4.53. The van der Waals surface area contributed by atoms with Gasteiger partial charge in [-0.1, -0.05) is 13.0 Å². The van der Waals surface area contributed by atoms with E-state index in [9.17, 15) is 0 Å². The zero-order valence-electron chi connectivity index (χ0n) is 10.6. The summed E-state index contributed by atoms with van der Waals surface area (Å²) in [7, 11) is 0. The van der Waals surface area contributed by atoms with Gasteiger partial charge < -0.3 is 10.6 Å². The van der Waals surface area contributed by atoms with E-state index in [4.69, 9.17) is 0 Å². The van der Waals surface area contributed by atoms with Crippen LogP contribution in [0.25, 0.3) is 0 Å². The molecule has 0 saturated heterocycles. The maximum absolute atomic E-state index is 4.27. The van der Waals surface area contributed by atoms with Crippen molar-refractivity contribution in [3.8, 4) is 0 Å². The van der Waals surface area contributed by atoms with Gasteiger partial charge in [-0.3, -0.25) is 4.98 Å². The molecule has 0 saturated carbocycles. The summed E-state index contributed by atoms with van der Waals surface area (Å²) in [6, 6.07) is 9.89. The second-order valence-corrected chi connectivity index (χ2v) is 4.03. The van der Waals surface area contributed by atoms with Gasteiger partial charge in [0.05, 0.1) is 12.2 Å². The molecule has 0 fully saturated rings. The van der Waals surface area contributed by atoms with Crippen molar-refractivity contribution in [3.05, 3.63) is 48.4 Å². The predicted molar refractivity (Wildman–Crippen MR) is 74.6 cm³/mol. The lowest BCUT2D eigenvalue weighted by Crippen LogP contribution is -2.04. The molecule has 4 nitrogen and oxygen atoms in total. The molecule has 2 aromatic heterocycles. The summed E-state index contributed by atoms with van der Waals surface area (Å²) >= 11 is 0. The summed E-state index contributed by atoms with van der Waals surface area (Å²) in [6.45, 7) is 3.80. The van der Waals surface area contributed by atoms with E-state index in [1.54, 1.807) is 12.4 Å². The number of anilines is 2. The Morgan fingerprint density at radius 2 is 2.00 bits per heavy atom. The van der Waals surface area contributed by atoms with Gasteiger partial charge in [0.25, 0.3) is 0 Å². The first-order valence-corrected chi connectivity index (χ1v) is 6.22. The first-order valence-electron chi connectivity index (χ1n) is 6.22. The Hall–Kier alpha value is -2.10. The van der Waals surface area contributed by atoms with Crippen LogP contribution in [0.3, 0.4) is 0 Å². The number of hydrogen-bond acceptors (Lipinski definition) is 4. The molecule has 2 aromatic rings. The third kappa shape index (κ3) is 3.73. The molecule has 0 unspecified atom stereocenters. The second-order valence-electron chi connectivity index (χ2n) is 4.03.